The minimum absolute atomic E-state index is 0.0875. The van der Waals surface area contributed by atoms with Crippen LogP contribution in [0.4, 0.5) is 0 Å². The largest absolute Gasteiger partial charge is 0.350 e. The summed E-state index contributed by atoms with van der Waals surface area (Å²) >= 11 is 0. The Morgan fingerprint density at radius 2 is 2.09 bits per heavy atom. The molecule has 1 aliphatic rings. The smallest absolute Gasteiger partial charge is 0.267 e. The highest BCUT2D eigenvalue weighted by Gasteiger charge is 2.13. The van der Waals surface area contributed by atoms with Gasteiger partial charge in [-0.15, -0.1) is 0 Å². The Morgan fingerprint density at radius 3 is 2.91 bits per heavy atom. The molecule has 120 valence electrons. The van der Waals surface area contributed by atoms with Gasteiger partial charge < -0.3 is 5.32 Å². The number of benzene rings is 1. The molecule has 1 heterocycles. The molecule has 0 unspecified atom stereocenters. The molecule has 1 aromatic carbocycles. The lowest BCUT2D eigenvalue weighted by Crippen LogP contribution is -2.33. The van der Waals surface area contributed by atoms with Crippen LogP contribution in [0.2, 0.25) is 0 Å². The van der Waals surface area contributed by atoms with Gasteiger partial charge in [0.15, 0.2) is 0 Å². The Labute approximate surface area is 135 Å². The van der Waals surface area contributed by atoms with Crippen LogP contribution in [-0.4, -0.2) is 22.2 Å². The number of hydrogen-bond donors (Lipinski definition) is 1. The van der Waals surface area contributed by atoms with Crippen molar-refractivity contribution >= 4 is 5.91 Å². The van der Waals surface area contributed by atoms with Gasteiger partial charge in [0, 0.05) is 18.2 Å². The molecule has 0 spiro atoms. The topological polar surface area (TPSA) is 64.0 Å². The van der Waals surface area contributed by atoms with Gasteiger partial charge in [0.2, 0.25) is 0 Å². The van der Waals surface area contributed by atoms with E-state index in [1.54, 1.807) is 12.1 Å². The Bertz CT molecular complexity index is 780. The van der Waals surface area contributed by atoms with Gasteiger partial charge in [-0.05, 0) is 50.3 Å². The molecule has 2 aromatic rings. The zero-order valence-electron chi connectivity index (χ0n) is 13.3. The fourth-order valence-electron chi connectivity index (χ4n) is 2.92. The summed E-state index contributed by atoms with van der Waals surface area (Å²) in [4.78, 5) is 24.2. The maximum atomic E-state index is 12.1. The molecule has 0 radical (unpaired) electrons. The van der Waals surface area contributed by atoms with Gasteiger partial charge in [0.05, 0.1) is 12.2 Å². The number of nitrogens with zero attached hydrogens (tertiary/aromatic N) is 2. The first kappa shape index (κ1) is 15.5. The van der Waals surface area contributed by atoms with Gasteiger partial charge in [-0.2, -0.15) is 5.10 Å². The van der Waals surface area contributed by atoms with Crippen molar-refractivity contribution in [3.05, 3.63) is 63.1 Å². The summed E-state index contributed by atoms with van der Waals surface area (Å²) in [6.07, 6.45) is 4.14. The van der Waals surface area contributed by atoms with Crippen LogP contribution >= 0.6 is 0 Å². The Hall–Kier alpha value is -2.43. The maximum absolute atomic E-state index is 12.1. The quantitative estimate of drug-likeness (QED) is 0.937. The third-order valence-electron chi connectivity index (χ3n) is 4.16. The number of fused-ring (bicyclic) bond motifs is 1. The first-order valence-electron chi connectivity index (χ1n) is 8.08. The lowest BCUT2D eigenvalue weighted by molar-refractivity contribution is 0.0951. The van der Waals surface area contributed by atoms with Crippen LogP contribution in [0.3, 0.4) is 0 Å². The van der Waals surface area contributed by atoms with E-state index in [1.807, 2.05) is 25.1 Å². The van der Waals surface area contributed by atoms with E-state index >= 15 is 0 Å². The molecule has 0 saturated heterocycles. The van der Waals surface area contributed by atoms with Gasteiger partial charge in [-0.3, -0.25) is 9.59 Å². The third kappa shape index (κ3) is 3.67. The van der Waals surface area contributed by atoms with E-state index < -0.39 is 0 Å². The molecule has 5 heteroatoms. The number of aryl methyl sites for hydroxylation is 3. The second kappa shape index (κ2) is 6.77. The van der Waals surface area contributed by atoms with Crippen LogP contribution in [0.1, 0.15) is 40.0 Å². The van der Waals surface area contributed by atoms with E-state index in [0.29, 0.717) is 18.7 Å². The number of amides is 1. The minimum atomic E-state index is -0.125. The number of carbonyl (C=O) groups is 1. The van der Waals surface area contributed by atoms with Crippen LogP contribution in [-0.2, 0) is 19.4 Å². The summed E-state index contributed by atoms with van der Waals surface area (Å²) in [7, 11) is 0. The highest BCUT2D eigenvalue weighted by molar-refractivity contribution is 5.94. The minimum Gasteiger partial charge on any atom is -0.350 e. The van der Waals surface area contributed by atoms with Crippen molar-refractivity contribution in [1.82, 2.24) is 15.1 Å². The summed E-state index contributed by atoms with van der Waals surface area (Å²) in [6, 6.07) is 9.14. The number of rotatable bonds is 4. The third-order valence-corrected chi connectivity index (χ3v) is 4.16. The second-order valence-corrected chi connectivity index (χ2v) is 6.01. The normalized spacial score (nSPS) is 13.4. The molecule has 0 fully saturated rings. The fraction of sp³-hybridized carbons (Fsp3) is 0.389. The molecule has 0 atom stereocenters. The molecule has 1 amide bonds. The van der Waals surface area contributed by atoms with Crippen molar-refractivity contribution < 1.29 is 4.79 Å². The molecule has 5 nitrogen and oxygen atoms in total. The van der Waals surface area contributed by atoms with E-state index in [-0.39, 0.29) is 11.5 Å². The molecule has 0 saturated carbocycles. The zero-order chi connectivity index (χ0) is 16.2. The molecular formula is C18H21N3O2. The molecule has 0 aliphatic heterocycles. The lowest BCUT2D eigenvalue weighted by atomic mass is 9.97. The Kier molecular flexibility index (Phi) is 4.55. The van der Waals surface area contributed by atoms with E-state index in [4.69, 9.17) is 0 Å². The summed E-state index contributed by atoms with van der Waals surface area (Å²) in [6.45, 7) is 2.73. The number of nitrogens with one attached hydrogen (secondary N) is 1. The van der Waals surface area contributed by atoms with Gasteiger partial charge in [-0.1, -0.05) is 17.7 Å². The SMILES string of the molecule is Cc1cccc(C(=O)NCCn2nc3c(cc2=O)CCCC3)c1. The predicted molar refractivity (Wildman–Crippen MR) is 88.7 cm³/mol. The number of aromatic nitrogens is 2. The molecule has 1 N–H and O–H groups in total. The predicted octanol–water partition coefficient (Wildman–Crippen LogP) is 1.86. The molecule has 0 bridgehead atoms. The summed E-state index contributed by atoms with van der Waals surface area (Å²) in [5, 5.41) is 7.29. The summed E-state index contributed by atoms with van der Waals surface area (Å²) in [5.41, 5.74) is 3.71. The zero-order valence-corrected chi connectivity index (χ0v) is 13.3. The second-order valence-electron chi connectivity index (χ2n) is 6.01. The average molecular weight is 311 g/mol. The van der Waals surface area contributed by atoms with E-state index in [9.17, 15) is 9.59 Å². The van der Waals surface area contributed by atoms with Crippen molar-refractivity contribution in [2.24, 2.45) is 0 Å². The standard InChI is InChI=1S/C18H21N3O2/c1-13-5-4-7-15(11-13)18(23)19-9-10-21-17(22)12-14-6-2-3-8-16(14)20-21/h4-5,7,11-12H,2-3,6,8-10H2,1H3,(H,19,23). The maximum Gasteiger partial charge on any atom is 0.267 e. The monoisotopic (exact) mass is 311 g/mol. The Morgan fingerprint density at radius 1 is 1.26 bits per heavy atom. The van der Waals surface area contributed by atoms with Gasteiger partial charge in [0.25, 0.3) is 11.5 Å². The Balaban J connectivity index is 1.62. The van der Waals surface area contributed by atoms with Crippen LogP contribution in [0, 0.1) is 6.92 Å². The van der Waals surface area contributed by atoms with Crippen LogP contribution in [0.5, 0.6) is 0 Å². The lowest BCUT2D eigenvalue weighted by Gasteiger charge is -2.16. The van der Waals surface area contributed by atoms with Gasteiger partial charge >= 0.3 is 0 Å². The highest BCUT2D eigenvalue weighted by Crippen LogP contribution is 2.16. The average Bonchev–Trinajstić information content (AvgIpc) is 2.55. The molecule has 1 aliphatic carbocycles. The summed E-state index contributed by atoms with van der Waals surface area (Å²) in [5.74, 6) is -0.125. The van der Waals surface area contributed by atoms with Crippen LogP contribution in [0.25, 0.3) is 0 Å². The van der Waals surface area contributed by atoms with Gasteiger partial charge in [-0.25, -0.2) is 4.68 Å². The molecule has 23 heavy (non-hydrogen) atoms. The van der Waals surface area contributed by atoms with Crippen molar-refractivity contribution in [3.63, 3.8) is 0 Å². The molecular weight excluding hydrogens is 290 g/mol. The van der Waals surface area contributed by atoms with E-state index in [2.05, 4.69) is 10.4 Å². The van der Waals surface area contributed by atoms with Crippen LogP contribution < -0.4 is 10.9 Å². The van der Waals surface area contributed by atoms with Crippen molar-refractivity contribution in [2.75, 3.05) is 6.54 Å². The molecule has 1 aromatic heterocycles. The van der Waals surface area contributed by atoms with Crippen LogP contribution in [0.15, 0.2) is 35.1 Å². The van der Waals surface area contributed by atoms with Crippen molar-refractivity contribution in [2.45, 2.75) is 39.2 Å². The summed E-state index contributed by atoms with van der Waals surface area (Å²) < 4.78 is 1.46. The molecule has 3 rings (SSSR count). The van der Waals surface area contributed by atoms with E-state index in [0.717, 1.165) is 42.5 Å². The fourth-order valence-corrected chi connectivity index (χ4v) is 2.92. The van der Waals surface area contributed by atoms with Gasteiger partial charge in [0.1, 0.15) is 0 Å². The highest BCUT2D eigenvalue weighted by atomic mass is 16.1. The first-order chi connectivity index (χ1) is 11.1. The van der Waals surface area contributed by atoms with Crippen molar-refractivity contribution in [1.29, 1.82) is 0 Å². The number of carbonyl (C=O) groups excluding carboxylic acids is 1. The van der Waals surface area contributed by atoms with E-state index in [1.165, 1.54) is 4.68 Å². The first-order valence-corrected chi connectivity index (χ1v) is 8.08. The van der Waals surface area contributed by atoms with Crippen molar-refractivity contribution in [3.8, 4) is 0 Å². The number of hydrogen-bond acceptors (Lipinski definition) is 3.